The van der Waals surface area contributed by atoms with Crippen LogP contribution in [0.5, 0.6) is 0 Å². The molecule has 0 aliphatic carbocycles. The molecule has 0 fully saturated rings. The molecule has 0 aliphatic rings. The quantitative estimate of drug-likeness (QED) is 0.129. The first-order chi connectivity index (χ1) is 23.2. The van der Waals surface area contributed by atoms with Crippen molar-refractivity contribution in [3.63, 3.8) is 0 Å². The summed E-state index contributed by atoms with van der Waals surface area (Å²) in [7, 11) is 0. The molecule has 1 radical (unpaired) electrons. The average molecular weight is 899 g/mol. The molecule has 8 heteroatoms. The van der Waals surface area contributed by atoms with Gasteiger partial charge in [-0.25, -0.2) is 0 Å². The van der Waals surface area contributed by atoms with Crippen molar-refractivity contribution in [1.82, 2.24) is 24.9 Å². The van der Waals surface area contributed by atoms with Gasteiger partial charge in [0.25, 0.3) is 0 Å². The van der Waals surface area contributed by atoms with E-state index in [1.807, 2.05) is 73.1 Å². The molecule has 7 rings (SSSR count). The standard InChI is InChI=1S/C28H28GeN3O.C14H15N2.Ir/c1-28(2,3)19-15-16-22(30-17-19)20-13-10-14-21-23-25(33-24(20)21)26(29(4,5)6)32-27(31-23)18-11-8-7-9-12-18;1-14(2,3)12-9-10-15-13(16-12)11-7-5-4-6-8-11;/h7-12,14-17H,1-6H3;4-7,9-10H,1-3H3;/q2*-1;. The zero-order valence-electron chi connectivity index (χ0n) is 30.2. The van der Waals surface area contributed by atoms with Crippen LogP contribution >= 0.6 is 0 Å². The molecule has 4 heterocycles. The summed E-state index contributed by atoms with van der Waals surface area (Å²) in [4.78, 5) is 23.6. The molecule has 257 valence electrons. The van der Waals surface area contributed by atoms with E-state index in [-0.39, 0.29) is 30.9 Å². The van der Waals surface area contributed by atoms with Gasteiger partial charge in [0.1, 0.15) is 0 Å². The van der Waals surface area contributed by atoms with Gasteiger partial charge in [-0.3, -0.25) is 9.97 Å². The first-order valence-electron chi connectivity index (χ1n) is 16.7. The van der Waals surface area contributed by atoms with Gasteiger partial charge in [-0.15, -0.1) is 35.9 Å². The van der Waals surface area contributed by atoms with Gasteiger partial charge in [0, 0.05) is 37.4 Å². The Hall–Kier alpha value is -4.04. The Bertz CT molecular complexity index is 2210. The smallest absolute Gasteiger partial charge is 0.0751 e. The van der Waals surface area contributed by atoms with E-state index in [1.165, 1.54) is 5.56 Å². The zero-order valence-corrected chi connectivity index (χ0v) is 34.7. The van der Waals surface area contributed by atoms with Crippen LogP contribution in [0.25, 0.3) is 56.1 Å². The van der Waals surface area contributed by atoms with Crippen LogP contribution in [0, 0.1) is 12.1 Å². The van der Waals surface area contributed by atoms with E-state index in [0.717, 1.165) is 66.3 Å². The van der Waals surface area contributed by atoms with Gasteiger partial charge in [-0.2, -0.15) is 0 Å². The van der Waals surface area contributed by atoms with Gasteiger partial charge in [-0.05, 0) is 6.07 Å². The van der Waals surface area contributed by atoms with Crippen LogP contribution in [0.1, 0.15) is 52.8 Å². The maximum atomic E-state index is 6.53. The van der Waals surface area contributed by atoms with Crippen molar-refractivity contribution in [2.75, 3.05) is 0 Å². The molecule has 0 spiro atoms. The van der Waals surface area contributed by atoms with E-state index < -0.39 is 13.3 Å². The maximum Gasteiger partial charge on any atom is 0.0751 e. The van der Waals surface area contributed by atoms with Crippen LogP contribution in [-0.4, -0.2) is 38.2 Å². The van der Waals surface area contributed by atoms with E-state index >= 15 is 0 Å². The summed E-state index contributed by atoms with van der Waals surface area (Å²) in [5.41, 5.74) is 8.47. The van der Waals surface area contributed by atoms with Crippen LogP contribution < -0.4 is 4.53 Å². The van der Waals surface area contributed by atoms with Crippen LogP contribution in [0.4, 0.5) is 0 Å². The number of rotatable bonds is 4. The third-order valence-corrected chi connectivity index (χ3v) is 12.0. The average Bonchev–Trinajstić information content (AvgIpc) is 3.47. The molecule has 3 aromatic carbocycles. The molecule has 0 bridgehead atoms. The Morgan fingerprint density at radius 3 is 2.02 bits per heavy atom. The van der Waals surface area contributed by atoms with E-state index in [0.29, 0.717) is 0 Å². The molecule has 0 saturated heterocycles. The van der Waals surface area contributed by atoms with Crippen molar-refractivity contribution >= 4 is 39.9 Å². The van der Waals surface area contributed by atoms with Crippen LogP contribution in [0.3, 0.4) is 0 Å². The minimum absolute atomic E-state index is 0. The van der Waals surface area contributed by atoms with Gasteiger partial charge in [-0.1, -0.05) is 20.8 Å². The van der Waals surface area contributed by atoms with Gasteiger partial charge in [0.2, 0.25) is 0 Å². The zero-order chi connectivity index (χ0) is 35.0. The maximum absolute atomic E-state index is 6.53. The molecule has 4 aromatic heterocycles. The number of fused-ring (bicyclic) bond motifs is 3. The van der Waals surface area contributed by atoms with Crippen LogP contribution in [0.15, 0.2) is 102 Å². The number of benzene rings is 3. The minimum atomic E-state index is -2.38. The number of hydrogen-bond acceptors (Lipinski definition) is 6. The molecule has 0 atom stereocenters. The summed E-state index contributed by atoms with van der Waals surface area (Å²) in [5.74, 6) is 8.51. The Morgan fingerprint density at radius 1 is 0.660 bits per heavy atom. The van der Waals surface area contributed by atoms with E-state index in [9.17, 15) is 0 Å². The van der Waals surface area contributed by atoms with Gasteiger partial charge >= 0.3 is 198 Å². The largest absolute Gasteiger partial charge is 0.285 e. The molecule has 0 unspecified atom stereocenters. The first kappa shape index (κ1) is 37.2. The Balaban J connectivity index is 0.000000241. The fraction of sp³-hybridized carbons (Fsp3) is 0.262. The summed E-state index contributed by atoms with van der Waals surface area (Å²) in [6.45, 7) is 13.0. The predicted octanol–water partition coefficient (Wildman–Crippen LogP) is 9.99. The van der Waals surface area contributed by atoms with E-state index in [4.69, 9.17) is 19.4 Å². The van der Waals surface area contributed by atoms with Crippen molar-refractivity contribution < 1.29 is 24.5 Å². The molecule has 7 aromatic rings. The molecular weight excluding hydrogens is 855 g/mol. The molecular formula is C42H43GeIrN5O-2. The number of furan rings is 1. The molecule has 6 nitrogen and oxygen atoms in total. The van der Waals surface area contributed by atoms with Gasteiger partial charge < -0.3 is 0 Å². The van der Waals surface area contributed by atoms with Crippen molar-refractivity contribution in [2.24, 2.45) is 0 Å². The van der Waals surface area contributed by atoms with Gasteiger partial charge in [0.05, 0.1) is 5.82 Å². The molecule has 50 heavy (non-hydrogen) atoms. The van der Waals surface area contributed by atoms with Gasteiger partial charge in [0.15, 0.2) is 0 Å². The SMILES string of the molecule is CC(C)(C)c1ccc(-c2[c-]ccc3c2oc2[c]([Ge]([CH3])([CH3])[CH3])nc(-c4ccccc4)nc23)nc1.CC(C)(C)c1ccnc(-c2[c-]cccc2)n1.[Ir]. The monoisotopic (exact) mass is 900 g/mol. The second-order valence-electron chi connectivity index (χ2n) is 15.4. The van der Waals surface area contributed by atoms with Crippen LogP contribution in [-0.2, 0) is 30.9 Å². The molecule has 0 saturated carbocycles. The third kappa shape index (κ3) is 8.12. The third-order valence-electron chi connectivity index (χ3n) is 8.28. The molecule has 0 aliphatic heterocycles. The van der Waals surface area contributed by atoms with Crippen LogP contribution in [0.2, 0.25) is 17.3 Å². The second kappa shape index (κ2) is 14.7. The Morgan fingerprint density at radius 2 is 1.40 bits per heavy atom. The van der Waals surface area contributed by atoms with Crippen molar-refractivity contribution in [2.45, 2.75) is 69.6 Å². The Labute approximate surface area is 312 Å². The molecule has 0 amide bonds. The van der Waals surface area contributed by atoms with E-state index in [2.05, 4.69) is 105 Å². The van der Waals surface area contributed by atoms with E-state index in [1.54, 1.807) is 0 Å². The fourth-order valence-corrected chi connectivity index (χ4v) is 8.16. The van der Waals surface area contributed by atoms with Crippen molar-refractivity contribution in [1.29, 1.82) is 0 Å². The summed E-state index contributed by atoms with van der Waals surface area (Å²) < 4.78 is 7.62. The summed E-state index contributed by atoms with van der Waals surface area (Å²) >= 11 is -2.38. The second-order valence-corrected chi connectivity index (χ2v) is 25.8. The summed E-state index contributed by atoms with van der Waals surface area (Å²) in [6, 6.07) is 34.6. The normalized spacial score (nSPS) is 11.9. The summed E-state index contributed by atoms with van der Waals surface area (Å²) in [5, 5.41) is 0.980. The summed E-state index contributed by atoms with van der Waals surface area (Å²) in [6.07, 6.45) is 3.76. The van der Waals surface area contributed by atoms with Crippen molar-refractivity contribution in [3.05, 3.63) is 121 Å². The molecule has 0 N–H and O–H groups in total. The predicted molar refractivity (Wildman–Crippen MR) is 203 cm³/mol. The van der Waals surface area contributed by atoms with Crippen molar-refractivity contribution in [3.8, 4) is 34.0 Å². The number of hydrogen-bond donors (Lipinski definition) is 0. The first-order valence-corrected chi connectivity index (χ1v) is 24.0. The number of aromatic nitrogens is 5. The minimum Gasteiger partial charge on any atom is -0.285 e. The number of nitrogens with zero attached hydrogens (tertiary/aromatic N) is 5. The fourth-order valence-electron chi connectivity index (χ4n) is 5.45. The topological polar surface area (TPSA) is 77.6 Å². The number of pyridine rings is 1. The Kier molecular flexibility index (Phi) is 10.9.